The molecule has 0 aliphatic rings. The first-order chi connectivity index (χ1) is 7.60. The minimum Gasteiger partial charge on any atom is -0.489 e. The first-order valence-electron chi connectivity index (χ1n) is 5.03. The maximum absolute atomic E-state index is 13.5. The summed E-state index contributed by atoms with van der Waals surface area (Å²) in [7, 11) is 0. The number of hydrogen-bond donors (Lipinski definition) is 1. The fourth-order valence-electron chi connectivity index (χ4n) is 1.36. The van der Waals surface area contributed by atoms with Crippen molar-refractivity contribution in [2.45, 2.75) is 19.4 Å². The molecule has 98 valence electrons. The van der Waals surface area contributed by atoms with Crippen molar-refractivity contribution in [2.24, 2.45) is 5.73 Å². The van der Waals surface area contributed by atoms with Gasteiger partial charge in [-0.1, -0.05) is 11.6 Å². The van der Waals surface area contributed by atoms with Crippen molar-refractivity contribution in [3.63, 3.8) is 0 Å². The molecule has 0 aromatic heterocycles. The number of benzene rings is 1. The van der Waals surface area contributed by atoms with Gasteiger partial charge in [0.1, 0.15) is 0 Å². The van der Waals surface area contributed by atoms with Crippen LogP contribution in [0.15, 0.2) is 12.1 Å². The van der Waals surface area contributed by atoms with Gasteiger partial charge < -0.3 is 10.5 Å². The highest BCUT2D eigenvalue weighted by Crippen LogP contribution is 2.31. The number of rotatable bonds is 5. The van der Waals surface area contributed by atoms with Gasteiger partial charge in [-0.2, -0.15) is 0 Å². The quantitative estimate of drug-likeness (QED) is 0.896. The predicted molar refractivity (Wildman–Crippen MR) is 67.3 cm³/mol. The average molecular weight is 286 g/mol. The van der Waals surface area contributed by atoms with Crippen LogP contribution in [0.3, 0.4) is 0 Å². The molecule has 0 amide bonds. The van der Waals surface area contributed by atoms with Crippen molar-refractivity contribution < 1.29 is 13.5 Å². The minimum atomic E-state index is -0.571. The van der Waals surface area contributed by atoms with Gasteiger partial charge in [-0.25, -0.2) is 4.39 Å². The van der Waals surface area contributed by atoms with Gasteiger partial charge in [-0.05, 0) is 31.0 Å². The minimum absolute atomic E-state index is 0. The third-order valence-corrected chi connectivity index (χ3v) is 2.44. The summed E-state index contributed by atoms with van der Waals surface area (Å²) in [6.45, 7) is 1.51. The Balaban J connectivity index is 0.00000256. The standard InChI is InChI=1S/C11H14ClF2NO.ClH/c1-2-16-11-8(12)5-7(6-9(11)14)10(15)3-4-13;/h5-6,10H,2-4,15H2,1H3;1H/t10-;/m0./s1. The average Bonchev–Trinajstić information content (AvgIpc) is 2.23. The van der Waals surface area contributed by atoms with E-state index in [9.17, 15) is 8.78 Å². The molecule has 0 bridgehead atoms. The lowest BCUT2D eigenvalue weighted by molar-refractivity contribution is 0.321. The van der Waals surface area contributed by atoms with E-state index in [2.05, 4.69) is 0 Å². The van der Waals surface area contributed by atoms with E-state index in [0.717, 1.165) is 0 Å². The number of hydrogen-bond acceptors (Lipinski definition) is 2. The zero-order valence-electron chi connectivity index (χ0n) is 9.38. The molecule has 1 rings (SSSR count). The zero-order valence-corrected chi connectivity index (χ0v) is 11.0. The molecule has 1 aromatic carbocycles. The van der Waals surface area contributed by atoms with Crippen molar-refractivity contribution in [3.8, 4) is 5.75 Å². The monoisotopic (exact) mass is 285 g/mol. The Bertz CT molecular complexity index is 340. The molecule has 1 atom stereocenters. The van der Waals surface area contributed by atoms with Crippen molar-refractivity contribution in [3.05, 3.63) is 28.5 Å². The van der Waals surface area contributed by atoms with E-state index in [0.29, 0.717) is 12.2 Å². The predicted octanol–water partition coefficient (Wildman–Crippen LogP) is 3.66. The van der Waals surface area contributed by atoms with E-state index in [-0.39, 0.29) is 29.6 Å². The maximum atomic E-state index is 13.5. The lowest BCUT2D eigenvalue weighted by atomic mass is 10.0. The van der Waals surface area contributed by atoms with Gasteiger partial charge in [0.15, 0.2) is 11.6 Å². The fourth-order valence-corrected chi connectivity index (χ4v) is 1.63. The Morgan fingerprint density at radius 1 is 1.47 bits per heavy atom. The molecule has 0 heterocycles. The van der Waals surface area contributed by atoms with Gasteiger partial charge in [0.05, 0.1) is 18.3 Å². The summed E-state index contributed by atoms with van der Waals surface area (Å²) < 4.78 is 30.7. The molecule has 0 radical (unpaired) electrons. The van der Waals surface area contributed by atoms with Crippen LogP contribution in [0.5, 0.6) is 5.75 Å². The maximum Gasteiger partial charge on any atom is 0.173 e. The number of halogens is 4. The van der Waals surface area contributed by atoms with Crippen LogP contribution in [0, 0.1) is 5.82 Å². The summed E-state index contributed by atoms with van der Waals surface area (Å²) in [6, 6.07) is 2.19. The summed E-state index contributed by atoms with van der Waals surface area (Å²) in [5, 5.41) is 0.158. The first-order valence-corrected chi connectivity index (χ1v) is 5.41. The van der Waals surface area contributed by atoms with Gasteiger partial charge in [0, 0.05) is 6.04 Å². The molecule has 0 spiro atoms. The van der Waals surface area contributed by atoms with Crippen LogP contribution in [0.4, 0.5) is 8.78 Å². The third kappa shape index (κ3) is 4.30. The van der Waals surface area contributed by atoms with Crippen LogP contribution < -0.4 is 10.5 Å². The molecule has 2 N–H and O–H groups in total. The lowest BCUT2D eigenvalue weighted by Crippen LogP contribution is -2.11. The van der Waals surface area contributed by atoms with Gasteiger partial charge in [0.2, 0.25) is 0 Å². The molecule has 2 nitrogen and oxygen atoms in total. The van der Waals surface area contributed by atoms with Crippen LogP contribution in [-0.4, -0.2) is 13.3 Å². The highest BCUT2D eigenvalue weighted by atomic mass is 35.5. The molecule has 1 aromatic rings. The van der Waals surface area contributed by atoms with Gasteiger partial charge in [0.25, 0.3) is 0 Å². The molecule has 0 aliphatic carbocycles. The SMILES string of the molecule is CCOc1c(F)cc([C@@H](N)CCF)cc1Cl.Cl. The molecule has 0 saturated heterocycles. The molecule has 0 aliphatic heterocycles. The second kappa shape index (κ2) is 7.69. The van der Waals surface area contributed by atoms with Gasteiger partial charge in [-0.15, -0.1) is 12.4 Å². The summed E-state index contributed by atoms with van der Waals surface area (Å²) in [4.78, 5) is 0. The Morgan fingerprint density at radius 3 is 2.59 bits per heavy atom. The normalized spacial score (nSPS) is 11.8. The van der Waals surface area contributed by atoms with E-state index in [1.54, 1.807) is 6.92 Å². The highest BCUT2D eigenvalue weighted by Gasteiger charge is 2.14. The Kier molecular flexibility index (Phi) is 7.43. The highest BCUT2D eigenvalue weighted by molar-refractivity contribution is 6.32. The van der Waals surface area contributed by atoms with Crippen molar-refractivity contribution in [1.82, 2.24) is 0 Å². The first kappa shape index (κ1) is 16.4. The van der Waals surface area contributed by atoms with E-state index in [4.69, 9.17) is 22.1 Å². The molecular weight excluding hydrogens is 271 g/mol. The van der Waals surface area contributed by atoms with Crippen molar-refractivity contribution >= 4 is 24.0 Å². The largest absolute Gasteiger partial charge is 0.489 e. The number of alkyl halides is 1. The van der Waals surface area contributed by atoms with E-state index in [1.165, 1.54) is 12.1 Å². The molecule has 17 heavy (non-hydrogen) atoms. The Labute approximate surface area is 110 Å². The van der Waals surface area contributed by atoms with E-state index >= 15 is 0 Å². The van der Waals surface area contributed by atoms with Crippen LogP contribution >= 0.6 is 24.0 Å². The van der Waals surface area contributed by atoms with Crippen LogP contribution in [0.1, 0.15) is 24.9 Å². The molecular formula is C11H15Cl2F2NO. The van der Waals surface area contributed by atoms with Crippen molar-refractivity contribution in [1.29, 1.82) is 0 Å². The topological polar surface area (TPSA) is 35.2 Å². The summed E-state index contributed by atoms with van der Waals surface area (Å²) in [5.74, 6) is -0.556. The van der Waals surface area contributed by atoms with Crippen LogP contribution in [0.25, 0.3) is 0 Å². The third-order valence-electron chi connectivity index (χ3n) is 2.16. The Morgan fingerprint density at radius 2 is 2.12 bits per heavy atom. The molecule has 0 fully saturated rings. The molecule has 0 saturated carbocycles. The lowest BCUT2D eigenvalue weighted by Gasteiger charge is -2.13. The second-order valence-electron chi connectivity index (χ2n) is 3.33. The van der Waals surface area contributed by atoms with E-state index < -0.39 is 18.5 Å². The van der Waals surface area contributed by atoms with Crippen LogP contribution in [0.2, 0.25) is 5.02 Å². The van der Waals surface area contributed by atoms with Crippen LogP contribution in [-0.2, 0) is 0 Å². The molecule has 0 unspecified atom stereocenters. The molecule has 6 heteroatoms. The summed E-state index contributed by atoms with van der Waals surface area (Å²) in [6.07, 6.45) is 0.143. The Hall–Kier alpha value is -0.580. The fraction of sp³-hybridized carbons (Fsp3) is 0.455. The summed E-state index contributed by atoms with van der Waals surface area (Å²) in [5.41, 5.74) is 6.14. The van der Waals surface area contributed by atoms with E-state index in [1.807, 2.05) is 0 Å². The second-order valence-corrected chi connectivity index (χ2v) is 3.74. The zero-order chi connectivity index (χ0) is 12.1. The number of ether oxygens (including phenoxy) is 1. The smallest absolute Gasteiger partial charge is 0.173 e. The van der Waals surface area contributed by atoms with Gasteiger partial charge in [-0.3, -0.25) is 4.39 Å². The number of nitrogens with two attached hydrogens (primary N) is 1. The van der Waals surface area contributed by atoms with Crippen molar-refractivity contribution in [2.75, 3.05) is 13.3 Å². The summed E-state index contributed by atoms with van der Waals surface area (Å²) >= 11 is 5.84. The van der Waals surface area contributed by atoms with Gasteiger partial charge >= 0.3 is 0 Å².